The Morgan fingerprint density at radius 1 is 1.50 bits per heavy atom. The fourth-order valence-electron chi connectivity index (χ4n) is 2.07. The molecule has 1 saturated heterocycles. The minimum Gasteiger partial charge on any atom is -0.489 e. The maximum absolute atomic E-state index is 13.3. The molecule has 0 aromatic heterocycles. The highest BCUT2D eigenvalue weighted by atomic mass is 19.1. The number of benzene rings is 1. The molecule has 0 radical (unpaired) electrons. The monoisotopic (exact) mass is 282 g/mol. The molecular formula is C14H19FN2O3. The highest BCUT2D eigenvalue weighted by Gasteiger charge is 2.33. The summed E-state index contributed by atoms with van der Waals surface area (Å²) >= 11 is 0. The standard InChI is InChI=1S/C14H19FN2O3/c1-17(14(18)10-8-19-9-12(10)16)6-7-20-13-5-3-2-4-11(13)15/h2-5,10,12H,6-9,16H2,1H3. The molecule has 2 unspecified atom stereocenters. The quantitative estimate of drug-likeness (QED) is 0.860. The van der Waals surface area contributed by atoms with Crippen LogP contribution in [-0.4, -0.2) is 50.3 Å². The third-order valence-corrected chi connectivity index (χ3v) is 3.34. The minimum atomic E-state index is -0.410. The first kappa shape index (κ1) is 14.7. The van der Waals surface area contributed by atoms with E-state index in [9.17, 15) is 9.18 Å². The molecule has 5 nitrogen and oxygen atoms in total. The lowest BCUT2D eigenvalue weighted by Gasteiger charge is -2.22. The number of rotatable bonds is 5. The number of hydrogen-bond donors (Lipinski definition) is 1. The number of amides is 1. The van der Waals surface area contributed by atoms with Crippen LogP contribution in [0.25, 0.3) is 0 Å². The smallest absolute Gasteiger partial charge is 0.229 e. The molecule has 0 saturated carbocycles. The molecule has 1 heterocycles. The van der Waals surface area contributed by atoms with E-state index in [0.717, 1.165) is 0 Å². The van der Waals surface area contributed by atoms with Gasteiger partial charge < -0.3 is 20.1 Å². The third-order valence-electron chi connectivity index (χ3n) is 3.34. The first-order valence-corrected chi connectivity index (χ1v) is 6.55. The van der Waals surface area contributed by atoms with E-state index in [4.69, 9.17) is 15.2 Å². The van der Waals surface area contributed by atoms with E-state index in [-0.39, 0.29) is 30.2 Å². The zero-order valence-corrected chi connectivity index (χ0v) is 11.4. The van der Waals surface area contributed by atoms with E-state index >= 15 is 0 Å². The number of halogens is 1. The summed E-state index contributed by atoms with van der Waals surface area (Å²) < 4.78 is 23.8. The molecular weight excluding hydrogens is 263 g/mol. The second-order valence-corrected chi connectivity index (χ2v) is 4.85. The summed E-state index contributed by atoms with van der Waals surface area (Å²) in [5.74, 6) is -0.581. The Morgan fingerprint density at radius 3 is 2.90 bits per heavy atom. The van der Waals surface area contributed by atoms with Crippen molar-refractivity contribution in [3.8, 4) is 5.75 Å². The zero-order chi connectivity index (χ0) is 14.5. The van der Waals surface area contributed by atoms with Gasteiger partial charge in [-0.05, 0) is 12.1 Å². The topological polar surface area (TPSA) is 64.8 Å². The van der Waals surface area contributed by atoms with Crippen molar-refractivity contribution in [1.29, 1.82) is 0 Å². The molecule has 2 atom stereocenters. The van der Waals surface area contributed by atoms with Gasteiger partial charge in [-0.25, -0.2) is 4.39 Å². The van der Waals surface area contributed by atoms with Crippen LogP contribution in [0.4, 0.5) is 4.39 Å². The molecule has 1 aliphatic heterocycles. The zero-order valence-electron chi connectivity index (χ0n) is 11.4. The summed E-state index contributed by atoms with van der Waals surface area (Å²) in [6.07, 6.45) is 0. The van der Waals surface area contributed by atoms with Crippen LogP contribution < -0.4 is 10.5 Å². The van der Waals surface area contributed by atoms with Crippen LogP contribution in [0.3, 0.4) is 0 Å². The number of likely N-dealkylation sites (N-methyl/N-ethyl adjacent to an activating group) is 1. The van der Waals surface area contributed by atoms with Gasteiger partial charge in [0.05, 0.1) is 25.7 Å². The van der Waals surface area contributed by atoms with Gasteiger partial charge in [0.1, 0.15) is 6.61 Å². The predicted octanol–water partition coefficient (Wildman–Crippen LogP) is 0.637. The second kappa shape index (κ2) is 6.67. The normalized spacial score (nSPS) is 21.8. The van der Waals surface area contributed by atoms with Crippen molar-refractivity contribution in [1.82, 2.24) is 4.90 Å². The minimum absolute atomic E-state index is 0.0628. The number of ether oxygens (including phenoxy) is 2. The Balaban J connectivity index is 1.79. The molecule has 2 rings (SSSR count). The van der Waals surface area contributed by atoms with Gasteiger partial charge in [0.25, 0.3) is 0 Å². The average molecular weight is 282 g/mol. The number of nitrogens with two attached hydrogens (primary N) is 1. The van der Waals surface area contributed by atoms with E-state index in [1.54, 1.807) is 30.1 Å². The van der Waals surface area contributed by atoms with Crippen molar-refractivity contribution in [3.05, 3.63) is 30.1 Å². The SMILES string of the molecule is CN(CCOc1ccccc1F)C(=O)C1COCC1N. The molecule has 2 N–H and O–H groups in total. The Bertz CT molecular complexity index is 469. The van der Waals surface area contributed by atoms with E-state index in [2.05, 4.69) is 0 Å². The second-order valence-electron chi connectivity index (χ2n) is 4.85. The van der Waals surface area contributed by atoms with Gasteiger partial charge in [0, 0.05) is 13.1 Å². The molecule has 1 fully saturated rings. The van der Waals surface area contributed by atoms with Gasteiger partial charge in [-0.3, -0.25) is 4.79 Å². The fourth-order valence-corrected chi connectivity index (χ4v) is 2.07. The fraction of sp³-hybridized carbons (Fsp3) is 0.500. The lowest BCUT2D eigenvalue weighted by Crippen LogP contribution is -2.43. The van der Waals surface area contributed by atoms with Gasteiger partial charge in [-0.1, -0.05) is 12.1 Å². The Morgan fingerprint density at radius 2 is 2.25 bits per heavy atom. The van der Waals surface area contributed by atoms with Gasteiger partial charge in [-0.2, -0.15) is 0 Å². The highest BCUT2D eigenvalue weighted by molar-refractivity contribution is 5.79. The lowest BCUT2D eigenvalue weighted by atomic mass is 10.0. The number of para-hydroxylation sites is 1. The molecule has 20 heavy (non-hydrogen) atoms. The largest absolute Gasteiger partial charge is 0.489 e. The van der Waals surface area contributed by atoms with Crippen molar-refractivity contribution in [2.24, 2.45) is 11.7 Å². The molecule has 110 valence electrons. The van der Waals surface area contributed by atoms with Gasteiger partial charge >= 0.3 is 0 Å². The van der Waals surface area contributed by atoms with Crippen LogP contribution in [0, 0.1) is 11.7 Å². The third kappa shape index (κ3) is 3.46. The molecule has 6 heteroatoms. The summed E-state index contributed by atoms with van der Waals surface area (Å²) in [5.41, 5.74) is 5.80. The molecule has 1 aromatic rings. The van der Waals surface area contributed by atoms with Crippen molar-refractivity contribution >= 4 is 5.91 Å². The average Bonchev–Trinajstić information content (AvgIpc) is 2.86. The van der Waals surface area contributed by atoms with Gasteiger partial charge in [0.2, 0.25) is 5.91 Å². The van der Waals surface area contributed by atoms with Crippen LogP contribution in [0.2, 0.25) is 0 Å². The number of hydrogen-bond acceptors (Lipinski definition) is 4. The van der Waals surface area contributed by atoms with Gasteiger partial charge in [0.15, 0.2) is 11.6 Å². The van der Waals surface area contributed by atoms with Crippen LogP contribution in [-0.2, 0) is 9.53 Å². The van der Waals surface area contributed by atoms with Crippen molar-refractivity contribution in [2.75, 3.05) is 33.4 Å². The van der Waals surface area contributed by atoms with Crippen molar-refractivity contribution in [2.45, 2.75) is 6.04 Å². The molecule has 1 aromatic carbocycles. The number of carbonyl (C=O) groups is 1. The lowest BCUT2D eigenvalue weighted by molar-refractivity contribution is -0.134. The predicted molar refractivity (Wildman–Crippen MR) is 71.8 cm³/mol. The number of nitrogens with zero attached hydrogens (tertiary/aromatic N) is 1. The van der Waals surface area contributed by atoms with Gasteiger partial charge in [-0.15, -0.1) is 0 Å². The Hall–Kier alpha value is -1.66. The number of carbonyl (C=O) groups excluding carboxylic acids is 1. The Labute approximate surface area is 117 Å². The van der Waals surface area contributed by atoms with Crippen molar-refractivity contribution in [3.63, 3.8) is 0 Å². The molecule has 0 bridgehead atoms. The summed E-state index contributed by atoms with van der Waals surface area (Å²) in [5, 5.41) is 0. The van der Waals surface area contributed by atoms with Crippen LogP contribution in [0.5, 0.6) is 5.75 Å². The summed E-state index contributed by atoms with van der Waals surface area (Å²) in [4.78, 5) is 13.6. The highest BCUT2D eigenvalue weighted by Crippen LogP contribution is 2.16. The molecule has 0 aliphatic carbocycles. The summed E-state index contributed by atoms with van der Waals surface area (Å²) in [6.45, 7) is 1.37. The van der Waals surface area contributed by atoms with E-state index in [1.807, 2.05) is 0 Å². The first-order chi connectivity index (χ1) is 9.59. The molecule has 1 amide bonds. The molecule has 1 aliphatic rings. The van der Waals surface area contributed by atoms with Crippen LogP contribution in [0.1, 0.15) is 0 Å². The Kier molecular flexibility index (Phi) is 4.92. The summed E-state index contributed by atoms with van der Waals surface area (Å²) in [7, 11) is 1.68. The van der Waals surface area contributed by atoms with Crippen LogP contribution in [0.15, 0.2) is 24.3 Å². The molecule has 0 spiro atoms. The van der Waals surface area contributed by atoms with E-state index in [1.165, 1.54) is 6.07 Å². The van der Waals surface area contributed by atoms with E-state index in [0.29, 0.717) is 19.8 Å². The van der Waals surface area contributed by atoms with Crippen LogP contribution >= 0.6 is 0 Å². The first-order valence-electron chi connectivity index (χ1n) is 6.55. The van der Waals surface area contributed by atoms with Crippen molar-refractivity contribution < 1.29 is 18.7 Å². The van der Waals surface area contributed by atoms with E-state index < -0.39 is 5.82 Å². The maximum Gasteiger partial charge on any atom is 0.229 e. The summed E-state index contributed by atoms with van der Waals surface area (Å²) in [6, 6.07) is 5.93. The maximum atomic E-state index is 13.3.